The van der Waals surface area contributed by atoms with Crippen molar-refractivity contribution in [1.82, 2.24) is 19.6 Å². The number of nitrogens with one attached hydrogen (secondary N) is 2. The van der Waals surface area contributed by atoms with Gasteiger partial charge in [-0.05, 0) is 17.1 Å². The van der Waals surface area contributed by atoms with Crippen LogP contribution in [-0.4, -0.2) is 89.9 Å². The Morgan fingerprint density at radius 1 is 1.40 bits per heavy atom. The number of β-lactam (4-membered cyclic amide) rings is 1. The summed E-state index contributed by atoms with van der Waals surface area (Å²) in [6.45, 7) is -0.832. The number of carboxylic acid groups (broad SMARTS) is 2. The average molecular weight is 692 g/mol. The average Bonchev–Trinajstić information content (AvgIpc) is 3.55. The number of nitriles is 1. The molecule has 43 heavy (non-hydrogen) atoms. The van der Waals surface area contributed by atoms with Crippen LogP contribution in [0.5, 0.6) is 0 Å². The number of fused-ring (bicyclic) bond motifs is 1. The smallest absolute Gasteiger partial charge is 0.543 e. The van der Waals surface area contributed by atoms with Crippen molar-refractivity contribution in [2.75, 3.05) is 29.6 Å². The second kappa shape index (κ2) is 15.2. The molecule has 0 aliphatic carbocycles. The van der Waals surface area contributed by atoms with Crippen molar-refractivity contribution in [3.05, 3.63) is 27.9 Å². The Kier molecular flexibility index (Phi) is 12.3. The van der Waals surface area contributed by atoms with E-state index in [1.54, 1.807) is 0 Å². The van der Waals surface area contributed by atoms with E-state index in [0.29, 0.717) is 20.4 Å². The molecule has 1 fully saturated rings. The quantitative estimate of drug-likeness (QED) is 0.0335. The number of nitrogen functional groups attached to an aromatic ring is 1. The second-order valence-corrected chi connectivity index (χ2v) is 13.1. The molecule has 0 bridgehead atoms. The molecular weight excluding hydrogens is 674 g/mol. The summed E-state index contributed by atoms with van der Waals surface area (Å²) in [4.78, 5) is 58.6. The van der Waals surface area contributed by atoms with Crippen LogP contribution in [0.3, 0.4) is 0 Å². The number of hydrogen-bond donors (Lipinski definition) is 5. The monoisotopic (exact) mass is 691 g/mol. The summed E-state index contributed by atoms with van der Waals surface area (Å²) in [6, 6.07) is 0.944. The third-order valence-electron chi connectivity index (χ3n) is 5.33. The number of amides is 2. The number of carboxylic acids is 2. The maximum absolute atomic E-state index is 13.1. The minimum absolute atomic E-state index is 0. The molecule has 2 aliphatic rings. The zero-order valence-corrected chi connectivity index (χ0v) is 28.0. The van der Waals surface area contributed by atoms with Crippen LogP contribution in [-0.2, 0) is 24.0 Å². The van der Waals surface area contributed by atoms with Crippen molar-refractivity contribution < 1.29 is 63.8 Å². The van der Waals surface area contributed by atoms with Crippen molar-refractivity contribution >= 4 is 98.6 Å². The largest absolute Gasteiger partial charge is 1.00 e. The van der Waals surface area contributed by atoms with Crippen LogP contribution in [0.1, 0.15) is 11.3 Å². The van der Waals surface area contributed by atoms with E-state index in [9.17, 15) is 29.5 Å². The first-order chi connectivity index (χ1) is 20.0. The normalized spacial score (nSPS) is 17.7. The second-order valence-electron chi connectivity index (χ2n) is 8.14. The number of thioether (sulfide) groups is 3. The number of carbonyl (C=O) groups is 4. The van der Waals surface area contributed by atoms with Gasteiger partial charge in [0.1, 0.15) is 39.6 Å². The van der Waals surface area contributed by atoms with Crippen molar-refractivity contribution in [2.45, 2.75) is 20.7 Å². The maximum Gasteiger partial charge on any atom is 1.00 e. The number of nitrogens with zero attached hydrogens (tertiary/aromatic N) is 5. The van der Waals surface area contributed by atoms with Crippen LogP contribution in [0.2, 0.25) is 0 Å². The summed E-state index contributed by atoms with van der Waals surface area (Å²) in [7, 11) is 0. The molecule has 4 heterocycles. The molecule has 0 radical (unpaired) electrons. The number of rotatable bonds is 13. The Labute approximate surface area is 285 Å². The fourth-order valence-corrected chi connectivity index (χ4v) is 8.48. The van der Waals surface area contributed by atoms with Gasteiger partial charge in [-0.15, -0.1) is 34.9 Å². The van der Waals surface area contributed by atoms with Gasteiger partial charge in [-0.3, -0.25) is 19.9 Å². The van der Waals surface area contributed by atoms with Crippen molar-refractivity contribution in [1.29, 1.82) is 10.7 Å². The predicted octanol–water partition coefficient (Wildman–Crippen LogP) is -3.91. The first-order valence-corrected chi connectivity index (χ1v) is 16.0. The Hall–Kier alpha value is -2.84. The third-order valence-corrected chi connectivity index (χ3v) is 10.7. The van der Waals surface area contributed by atoms with Gasteiger partial charge in [0.25, 0.3) is 11.8 Å². The summed E-state index contributed by atoms with van der Waals surface area (Å²) in [6.07, 6.45) is 0. The van der Waals surface area contributed by atoms with E-state index in [1.807, 2.05) is 0 Å². The molecule has 0 aromatic carbocycles. The Morgan fingerprint density at radius 3 is 2.74 bits per heavy atom. The van der Waals surface area contributed by atoms with Gasteiger partial charge in [0.2, 0.25) is 6.61 Å². The summed E-state index contributed by atoms with van der Waals surface area (Å²) >= 11 is 5.60. The van der Waals surface area contributed by atoms with Gasteiger partial charge in [-0.1, -0.05) is 16.9 Å². The van der Waals surface area contributed by atoms with Crippen LogP contribution < -0.4 is 51.4 Å². The molecule has 2 amide bonds. The van der Waals surface area contributed by atoms with E-state index in [1.165, 1.54) is 28.9 Å². The zero-order chi connectivity index (χ0) is 30.6. The van der Waals surface area contributed by atoms with Crippen LogP contribution in [0, 0.1) is 16.7 Å². The standard InChI is InChI=1S/C21H19N9O7S5.Na/c22-1-8-16(38-6-10(23)24)29-42-20(8)40-4-7-3-39-18-13(17(34)30(18)14(7)19(35)36)27-15(33)12(28-37-2-11(31)32)9-5-41-21(25)26-9;/h5,13,18H,2-4,6H2,(H3,23,24)(H2,25,26)(H,27,33)(H,31,32)(H,35,36);/q;+1/p-1/b28-12-;/t13-,18+;/m1./s1. The fourth-order valence-electron chi connectivity index (χ4n) is 3.60. The molecule has 2 aromatic heterocycles. The Morgan fingerprint density at radius 2 is 2.14 bits per heavy atom. The van der Waals surface area contributed by atoms with Gasteiger partial charge in [0, 0.05) is 16.9 Å². The number of thiazole rings is 1. The van der Waals surface area contributed by atoms with E-state index < -0.39 is 47.5 Å². The number of amidine groups is 1. The summed E-state index contributed by atoms with van der Waals surface area (Å²) in [5.41, 5.74) is 10.9. The van der Waals surface area contributed by atoms with Gasteiger partial charge < -0.3 is 36.6 Å². The summed E-state index contributed by atoms with van der Waals surface area (Å²) < 4.78 is 4.77. The number of hydrogen-bond acceptors (Lipinski definition) is 17. The van der Waals surface area contributed by atoms with E-state index in [-0.39, 0.29) is 69.2 Å². The Balaban J connectivity index is 0.00000506. The van der Waals surface area contributed by atoms with E-state index in [4.69, 9.17) is 26.8 Å². The van der Waals surface area contributed by atoms with Crippen LogP contribution in [0.15, 0.2) is 31.0 Å². The number of aliphatic carboxylic acids is 2. The fraction of sp³-hybridized carbons (Fsp3) is 0.286. The number of anilines is 1. The topological polar surface area (TPSA) is 274 Å². The minimum atomic E-state index is -1.57. The molecule has 2 aliphatic heterocycles. The number of nitrogens with two attached hydrogens (primary N) is 2. The van der Waals surface area contributed by atoms with Crippen molar-refractivity contribution in [3.63, 3.8) is 0 Å². The minimum Gasteiger partial charge on any atom is -0.543 e. The van der Waals surface area contributed by atoms with Gasteiger partial charge in [0.05, 0.1) is 21.6 Å². The van der Waals surface area contributed by atoms with E-state index in [2.05, 4.69) is 25.9 Å². The molecule has 2 atom stereocenters. The molecule has 7 N–H and O–H groups in total. The predicted molar refractivity (Wildman–Crippen MR) is 154 cm³/mol. The molecule has 2 aromatic rings. The molecule has 16 nitrogen and oxygen atoms in total. The maximum atomic E-state index is 13.1. The van der Waals surface area contributed by atoms with Gasteiger partial charge in [-0.25, -0.2) is 9.78 Å². The number of oxime groups is 1. The summed E-state index contributed by atoms with van der Waals surface area (Å²) in [5.74, 6) is -4.10. The van der Waals surface area contributed by atoms with Gasteiger partial charge in [0.15, 0.2) is 10.8 Å². The van der Waals surface area contributed by atoms with Crippen molar-refractivity contribution in [3.8, 4) is 6.07 Å². The molecule has 220 valence electrons. The summed E-state index contributed by atoms with van der Waals surface area (Å²) in [5, 5.41) is 45.0. The molecule has 0 unspecified atom stereocenters. The number of carbonyl (C=O) groups excluding carboxylic acids is 3. The molecule has 0 saturated carbocycles. The first-order valence-electron chi connectivity index (χ1n) is 11.3. The van der Waals surface area contributed by atoms with Crippen LogP contribution in [0.25, 0.3) is 0 Å². The van der Waals surface area contributed by atoms with Crippen LogP contribution in [0.4, 0.5) is 5.13 Å². The Bertz CT molecular complexity index is 1570. The number of aromatic nitrogens is 2. The SMILES string of the molecule is N#Cc1c(SCC(=N)N)nsc1SCC1=C(C(=O)[O-])N2C(=O)[C@@H](NC(=O)/C(=N\OCC(=O)O)c3csc(N)n3)[C@@H]2SC1.[Na+]. The zero-order valence-electron chi connectivity index (χ0n) is 21.9. The van der Waals surface area contributed by atoms with Crippen molar-refractivity contribution in [2.24, 2.45) is 10.9 Å². The van der Waals surface area contributed by atoms with Crippen LogP contribution >= 0.6 is 58.2 Å². The van der Waals surface area contributed by atoms with Gasteiger partial charge >= 0.3 is 35.5 Å². The molecule has 1 saturated heterocycles. The molecule has 22 heteroatoms. The van der Waals surface area contributed by atoms with E-state index >= 15 is 0 Å². The molecular formula is C21H18N9NaO7S5. The molecule has 0 spiro atoms. The molecule has 4 rings (SSSR count). The third kappa shape index (κ3) is 8.01. The first kappa shape index (κ1) is 34.6. The van der Waals surface area contributed by atoms with Gasteiger partial charge in [-0.2, -0.15) is 9.64 Å². The van der Waals surface area contributed by atoms with E-state index in [0.717, 1.165) is 39.5 Å².